The van der Waals surface area contributed by atoms with Crippen LogP contribution in [0.25, 0.3) is 0 Å². The minimum Gasteiger partial charge on any atom is -0.468 e. The van der Waals surface area contributed by atoms with E-state index in [4.69, 9.17) is 4.74 Å². The number of rotatable bonds is 4. The molecule has 1 aliphatic rings. The van der Waals surface area contributed by atoms with Crippen molar-refractivity contribution in [3.05, 3.63) is 71.8 Å². The predicted molar refractivity (Wildman–Crippen MR) is 90.1 cm³/mol. The topological polar surface area (TPSA) is 41.6 Å². The minimum absolute atomic E-state index is 0.145. The molecule has 120 valence electrons. The number of methoxy groups -OCH3 is 1. The molecule has 0 aliphatic carbocycles. The van der Waals surface area contributed by atoms with Crippen LogP contribution in [0.5, 0.6) is 0 Å². The summed E-state index contributed by atoms with van der Waals surface area (Å²) in [7, 11) is 1.44. The highest BCUT2D eigenvalue weighted by Gasteiger charge is 2.31. The lowest BCUT2D eigenvalue weighted by Gasteiger charge is -2.38. The Labute approximate surface area is 137 Å². The summed E-state index contributed by atoms with van der Waals surface area (Å²) in [6.45, 7) is 2.30. The Morgan fingerprint density at radius 2 is 1.65 bits per heavy atom. The Morgan fingerprint density at radius 1 is 1.09 bits per heavy atom. The maximum Gasteiger partial charge on any atom is 0.324 e. The van der Waals surface area contributed by atoms with Crippen LogP contribution in [0.2, 0.25) is 0 Å². The minimum atomic E-state index is -0.274. The van der Waals surface area contributed by atoms with Gasteiger partial charge in [0.2, 0.25) is 0 Å². The summed E-state index contributed by atoms with van der Waals surface area (Å²) in [5, 5.41) is 3.24. The normalized spacial score (nSPS) is 18.8. The maximum absolute atomic E-state index is 11.9. The molecule has 0 radical (unpaired) electrons. The van der Waals surface area contributed by atoms with E-state index in [-0.39, 0.29) is 18.1 Å². The van der Waals surface area contributed by atoms with Gasteiger partial charge in [0.05, 0.1) is 13.2 Å². The molecule has 4 nitrogen and oxygen atoms in total. The smallest absolute Gasteiger partial charge is 0.324 e. The van der Waals surface area contributed by atoms with Gasteiger partial charge in [0.15, 0.2) is 0 Å². The van der Waals surface area contributed by atoms with E-state index in [0.717, 1.165) is 13.1 Å². The quantitative estimate of drug-likeness (QED) is 0.879. The molecule has 0 spiro atoms. The molecular weight excluding hydrogens is 288 g/mol. The molecule has 1 fully saturated rings. The fourth-order valence-electron chi connectivity index (χ4n) is 3.19. The standard InChI is InChI=1S/C19H22N2O2/c1-23-19(22)17-14-21(13-12-20-17)18(15-8-4-2-5-9-15)16-10-6-3-7-11-16/h2-11,17-18,20H,12-14H2,1H3/t17-/m1/s1. The molecule has 0 aromatic heterocycles. The van der Waals surface area contributed by atoms with Gasteiger partial charge in [-0.2, -0.15) is 0 Å². The zero-order valence-corrected chi connectivity index (χ0v) is 13.3. The zero-order chi connectivity index (χ0) is 16.1. The van der Waals surface area contributed by atoms with Crippen LogP contribution in [0.3, 0.4) is 0 Å². The third kappa shape index (κ3) is 3.60. The molecule has 23 heavy (non-hydrogen) atoms. The molecule has 2 aromatic rings. The number of benzene rings is 2. The Bertz CT molecular complexity index is 591. The molecule has 4 heteroatoms. The maximum atomic E-state index is 11.9. The van der Waals surface area contributed by atoms with Gasteiger partial charge in [0, 0.05) is 19.6 Å². The van der Waals surface area contributed by atoms with E-state index >= 15 is 0 Å². The van der Waals surface area contributed by atoms with Crippen molar-refractivity contribution in [2.45, 2.75) is 12.1 Å². The molecule has 0 amide bonds. The second-order valence-electron chi connectivity index (χ2n) is 5.75. The Kier molecular flexibility index (Phi) is 5.05. The van der Waals surface area contributed by atoms with Gasteiger partial charge >= 0.3 is 5.97 Å². The number of nitrogens with zero attached hydrogens (tertiary/aromatic N) is 1. The molecule has 1 N–H and O–H groups in total. The lowest BCUT2D eigenvalue weighted by Crippen LogP contribution is -2.55. The average molecular weight is 310 g/mol. The van der Waals surface area contributed by atoms with Gasteiger partial charge in [0.1, 0.15) is 6.04 Å². The second kappa shape index (κ2) is 7.40. The van der Waals surface area contributed by atoms with Crippen molar-refractivity contribution in [2.24, 2.45) is 0 Å². The number of nitrogens with one attached hydrogen (secondary N) is 1. The van der Waals surface area contributed by atoms with Crippen LogP contribution in [0.1, 0.15) is 17.2 Å². The summed E-state index contributed by atoms with van der Waals surface area (Å²) in [6.07, 6.45) is 0. The van der Waals surface area contributed by atoms with E-state index in [2.05, 4.69) is 58.7 Å². The fourth-order valence-corrected chi connectivity index (χ4v) is 3.19. The number of piperazine rings is 1. The largest absolute Gasteiger partial charge is 0.468 e. The molecule has 0 saturated carbocycles. The molecule has 0 bridgehead atoms. The van der Waals surface area contributed by atoms with E-state index in [0.29, 0.717) is 6.54 Å². The van der Waals surface area contributed by atoms with Crippen molar-refractivity contribution < 1.29 is 9.53 Å². The summed E-state index contributed by atoms with van der Waals surface area (Å²) in [6, 6.07) is 20.8. The Balaban J connectivity index is 1.91. The molecule has 3 rings (SSSR count). The molecule has 1 atom stereocenters. The Hall–Kier alpha value is -2.17. The summed E-state index contributed by atoms with van der Waals surface area (Å²) in [5.74, 6) is -0.199. The van der Waals surface area contributed by atoms with Gasteiger partial charge in [-0.3, -0.25) is 9.69 Å². The average Bonchev–Trinajstić information content (AvgIpc) is 2.63. The fraction of sp³-hybridized carbons (Fsp3) is 0.316. The summed E-state index contributed by atoms with van der Waals surface area (Å²) < 4.78 is 4.90. The van der Waals surface area contributed by atoms with E-state index in [1.165, 1.54) is 18.2 Å². The highest BCUT2D eigenvalue weighted by atomic mass is 16.5. The first-order valence-corrected chi connectivity index (χ1v) is 7.95. The molecule has 1 heterocycles. The van der Waals surface area contributed by atoms with E-state index < -0.39 is 0 Å². The molecule has 1 aliphatic heterocycles. The van der Waals surface area contributed by atoms with Gasteiger partial charge in [-0.15, -0.1) is 0 Å². The number of esters is 1. The third-order valence-corrected chi connectivity index (χ3v) is 4.29. The number of carbonyl (C=O) groups excluding carboxylic acids is 1. The second-order valence-corrected chi connectivity index (χ2v) is 5.75. The number of carbonyl (C=O) groups is 1. The van der Waals surface area contributed by atoms with Crippen LogP contribution < -0.4 is 5.32 Å². The SMILES string of the molecule is COC(=O)[C@H]1CN(C(c2ccccc2)c2ccccc2)CCN1. The zero-order valence-electron chi connectivity index (χ0n) is 13.3. The molecule has 1 saturated heterocycles. The monoisotopic (exact) mass is 310 g/mol. The first-order valence-electron chi connectivity index (χ1n) is 7.95. The van der Waals surface area contributed by atoms with Gasteiger partial charge in [-0.05, 0) is 11.1 Å². The van der Waals surface area contributed by atoms with Crippen molar-refractivity contribution in [2.75, 3.05) is 26.7 Å². The highest BCUT2D eigenvalue weighted by Crippen LogP contribution is 2.29. The van der Waals surface area contributed by atoms with Crippen LogP contribution in [-0.4, -0.2) is 43.7 Å². The number of hydrogen-bond acceptors (Lipinski definition) is 4. The van der Waals surface area contributed by atoms with Crippen LogP contribution in [0.4, 0.5) is 0 Å². The van der Waals surface area contributed by atoms with E-state index in [9.17, 15) is 4.79 Å². The van der Waals surface area contributed by atoms with Crippen molar-refractivity contribution >= 4 is 5.97 Å². The first kappa shape index (κ1) is 15.7. The van der Waals surface area contributed by atoms with Crippen molar-refractivity contribution in [3.63, 3.8) is 0 Å². The molecule has 0 unspecified atom stereocenters. The lowest BCUT2D eigenvalue weighted by molar-refractivity contribution is -0.144. The van der Waals surface area contributed by atoms with Crippen LogP contribution in [-0.2, 0) is 9.53 Å². The van der Waals surface area contributed by atoms with Gasteiger partial charge < -0.3 is 10.1 Å². The molecular formula is C19H22N2O2. The third-order valence-electron chi connectivity index (χ3n) is 4.29. The summed E-state index contributed by atoms with van der Waals surface area (Å²) in [4.78, 5) is 14.2. The lowest BCUT2D eigenvalue weighted by atomic mass is 9.96. The number of hydrogen-bond donors (Lipinski definition) is 1. The van der Waals surface area contributed by atoms with Gasteiger partial charge in [-0.25, -0.2) is 0 Å². The number of ether oxygens (including phenoxy) is 1. The van der Waals surface area contributed by atoms with E-state index in [1.54, 1.807) is 0 Å². The van der Waals surface area contributed by atoms with Crippen molar-refractivity contribution in [1.82, 2.24) is 10.2 Å². The molecule has 2 aromatic carbocycles. The van der Waals surface area contributed by atoms with E-state index in [1.807, 2.05) is 12.1 Å². The van der Waals surface area contributed by atoms with Crippen LogP contribution in [0.15, 0.2) is 60.7 Å². The first-order chi connectivity index (χ1) is 11.3. The Morgan fingerprint density at radius 3 is 2.17 bits per heavy atom. The highest BCUT2D eigenvalue weighted by molar-refractivity contribution is 5.76. The van der Waals surface area contributed by atoms with Crippen molar-refractivity contribution in [3.8, 4) is 0 Å². The predicted octanol–water partition coefficient (Wildman–Crippen LogP) is 2.22. The summed E-state index contributed by atoms with van der Waals surface area (Å²) >= 11 is 0. The van der Waals surface area contributed by atoms with Crippen molar-refractivity contribution in [1.29, 1.82) is 0 Å². The van der Waals surface area contributed by atoms with Crippen LogP contribution in [0, 0.1) is 0 Å². The summed E-state index contributed by atoms with van der Waals surface area (Å²) in [5.41, 5.74) is 2.48. The van der Waals surface area contributed by atoms with Crippen LogP contribution >= 0.6 is 0 Å². The van der Waals surface area contributed by atoms with Gasteiger partial charge in [-0.1, -0.05) is 60.7 Å². The van der Waals surface area contributed by atoms with Gasteiger partial charge in [0.25, 0.3) is 0 Å².